The minimum absolute atomic E-state index is 0.0804. The predicted molar refractivity (Wildman–Crippen MR) is 124 cm³/mol. The van der Waals surface area contributed by atoms with Crippen LogP contribution in [0, 0.1) is 6.92 Å². The van der Waals surface area contributed by atoms with Crippen molar-refractivity contribution < 1.29 is 4.79 Å². The molecule has 3 rings (SSSR count). The van der Waals surface area contributed by atoms with Gasteiger partial charge in [-0.15, -0.1) is 0 Å². The fourth-order valence-corrected chi connectivity index (χ4v) is 4.75. The predicted octanol–water partition coefficient (Wildman–Crippen LogP) is 4.04. The van der Waals surface area contributed by atoms with Crippen molar-refractivity contribution in [3.05, 3.63) is 46.5 Å². The number of H-pyrrole nitrogens is 1. The van der Waals surface area contributed by atoms with Crippen LogP contribution in [0.2, 0.25) is 5.02 Å². The van der Waals surface area contributed by atoms with E-state index in [9.17, 15) is 4.79 Å². The fraction of sp³-hybridized carbons (Fsp3) is 0.565. The van der Waals surface area contributed by atoms with Crippen LogP contribution >= 0.6 is 11.6 Å². The van der Waals surface area contributed by atoms with Gasteiger partial charge in [-0.25, -0.2) is 4.98 Å². The van der Waals surface area contributed by atoms with Crippen molar-refractivity contribution in [1.82, 2.24) is 20.2 Å². The standard InChI is InChI=1S/C23H34ClN5O/c1-5-29(20-8-6-19(7-9-20)28(3)4)22-13-17(24)12-21(16(22)2)23(30)26-11-10-18-14-25-15-27-18/h12-15,19-20H,5-11H2,1-4H3,(H,25,27)(H,26,30)/t19-,20-. The molecule has 0 spiro atoms. The molecule has 1 saturated carbocycles. The summed E-state index contributed by atoms with van der Waals surface area (Å²) >= 11 is 6.46. The number of hydrogen-bond acceptors (Lipinski definition) is 4. The van der Waals surface area contributed by atoms with Crippen molar-refractivity contribution in [2.24, 2.45) is 0 Å². The summed E-state index contributed by atoms with van der Waals surface area (Å²) in [6.07, 6.45) is 8.87. The van der Waals surface area contributed by atoms with Gasteiger partial charge in [0, 0.05) is 59.8 Å². The lowest BCUT2D eigenvalue weighted by Crippen LogP contribution is -2.42. The normalized spacial score (nSPS) is 19.1. The molecule has 1 aromatic carbocycles. The summed E-state index contributed by atoms with van der Waals surface area (Å²) in [5, 5.41) is 3.62. The zero-order valence-corrected chi connectivity index (χ0v) is 19.3. The Hall–Kier alpha value is -2.05. The Balaban J connectivity index is 1.73. The van der Waals surface area contributed by atoms with E-state index in [0.29, 0.717) is 35.6 Å². The van der Waals surface area contributed by atoms with E-state index in [2.05, 4.69) is 46.1 Å². The Kier molecular flexibility index (Phi) is 7.78. The van der Waals surface area contributed by atoms with E-state index in [0.717, 1.165) is 36.3 Å². The first-order valence-corrected chi connectivity index (χ1v) is 11.3. The third kappa shape index (κ3) is 5.35. The maximum absolute atomic E-state index is 12.9. The van der Waals surface area contributed by atoms with Crippen molar-refractivity contribution in [3.63, 3.8) is 0 Å². The highest BCUT2D eigenvalue weighted by Crippen LogP contribution is 2.34. The van der Waals surface area contributed by atoms with Crippen molar-refractivity contribution >= 4 is 23.2 Å². The van der Waals surface area contributed by atoms with Crippen LogP contribution in [0.3, 0.4) is 0 Å². The van der Waals surface area contributed by atoms with E-state index in [-0.39, 0.29) is 5.91 Å². The molecule has 0 aliphatic heterocycles. The van der Waals surface area contributed by atoms with E-state index in [1.54, 1.807) is 18.6 Å². The molecular weight excluding hydrogens is 398 g/mol. The lowest BCUT2D eigenvalue weighted by molar-refractivity contribution is 0.0953. The van der Waals surface area contributed by atoms with Crippen molar-refractivity contribution in [3.8, 4) is 0 Å². The van der Waals surface area contributed by atoms with Crippen molar-refractivity contribution in [2.45, 2.75) is 58.0 Å². The smallest absolute Gasteiger partial charge is 0.251 e. The molecule has 0 atom stereocenters. The fourth-order valence-electron chi connectivity index (χ4n) is 4.54. The molecule has 0 radical (unpaired) electrons. The van der Waals surface area contributed by atoms with Crippen LogP contribution in [0.1, 0.15) is 54.2 Å². The number of rotatable bonds is 8. The van der Waals surface area contributed by atoms with E-state index < -0.39 is 0 Å². The molecule has 2 N–H and O–H groups in total. The highest BCUT2D eigenvalue weighted by atomic mass is 35.5. The Bertz CT molecular complexity index is 828. The molecule has 1 aromatic heterocycles. The Morgan fingerprint density at radius 1 is 1.23 bits per heavy atom. The number of aromatic nitrogens is 2. The van der Waals surface area contributed by atoms with Gasteiger partial charge in [0.25, 0.3) is 5.91 Å². The number of carbonyl (C=O) groups excluding carboxylic acids is 1. The van der Waals surface area contributed by atoms with Gasteiger partial charge in [-0.05, 0) is 71.3 Å². The third-order valence-corrected chi connectivity index (χ3v) is 6.53. The zero-order chi connectivity index (χ0) is 21.7. The van der Waals surface area contributed by atoms with Gasteiger partial charge in [0.15, 0.2) is 0 Å². The second kappa shape index (κ2) is 10.3. The number of anilines is 1. The quantitative estimate of drug-likeness (QED) is 0.662. The molecule has 164 valence electrons. The van der Waals surface area contributed by atoms with Crippen LogP contribution in [0.15, 0.2) is 24.7 Å². The van der Waals surface area contributed by atoms with Crippen molar-refractivity contribution in [2.75, 3.05) is 32.1 Å². The minimum Gasteiger partial charge on any atom is -0.369 e. The number of carbonyl (C=O) groups is 1. The van der Waals surface area contributed by atoms with Gasteiger partial charge in [-0.1, -0.05) is 11.6 Å². The average Bonchev–Trinajstić information content (AvgIpc) is 3.24. The molecule has 0 unspecified atom stereocenters. The van der Waals surface area contributed by atoms with Gasteiger partial charge in [-0.3, -0.25) is 4.79 Å². The van der Waals surface area contributed by atoms with Gasteiger partial charge in [0.1, 0.15) is 0 Å². The van der Waals surface area contributed by atoms with Crippen LogP contribution in [-0.2, 0) is 6.42 Å². The van der Waals surface area contributed by atoms with Gasteiger partial charge in [0.05, 0.1) is 6.33 Å². The zero-order valence-electron chi connectivity index (χ0n) is 18.5. The average molecular weight is 432 g/mol. The topological polar surface area (TPSA) is 64.3 Å². The molecule has 6 nitrogen and oxygen atoms in total. The Labute approximate surface area is 185 Å². The number of halogens is 1. The molecule has 1 heterocycles. The van der Waals surface area contributed by atoms with Gasteiger partial charge in [-0.2, -0.15) is 0 Å². The van der Waals surface area contributed by atoms with E-state index in [1.807, 2.05) is 13.0 Å². The highest BCUT2D eigenvalue weighted by molar-refractivity contribution is 6.31. The molecule has 0 saturated heterocycles. The summed E-state index contributed by atoms with van der Waals surface area (Å²) in [7, 11) is 4.34. The van der Waals surface area contributed by atoms with Gasteiger partial charge >= 0.3 is 0 Å². The molecule has 1 amide bonds. The molecular formula is C23H34ClN5O. The van der Waals surface area contributed by atoms with Gasteiger partial charge < -0.3 is 20.1 Å². The van der Waals surface area contributed by atoms with Gasteiger partial charge in [0.2, 0.25) is 0 Å². The van der Waals surface area contributed by atoms with Crippen LogP contribution < -0.4 is 10.2 Å². The molecule has 30 heavy (non-hydrogen) atoms. The number of nitrogens with one attached hydrogen (secondary N) is 2. The summed E-state index contributed by atoms with van der Waals surface area (Å²) in [5.41, 5.74) is 3.74. The van der Waals surface area contributed by atoms with E-state index in [4.69, 9.17) is 11.6 Å². The largest absolute Gasteiger partial charge is 0.369 e. The molecule has 1 fully saturated rings. The maximum atomic E-state index is 12.9. The summed E-state index contributed by atoms with van der Waals surface area (Å²) in [4.78, 5) is 24.7. The minimum atomic E-state index is -0.0804. The summed E-state index contributed by atoms with van der Waals surface area (Å²) in [6.45, 7) is 5.67. The molecule has 1 aliphatic rings. The Morgan fingerprint density at radius 2 is 1.93 bits per heavy atom. The molecule has 0 bridgehead atoms. The molecule has 2 aromatic rings. The number of benzene rings is 1. The number of amides is 1. The van der Waals surface area contributed by atoms with Crippen LogP contribution in [0.5, 0.6) is 0 Å². The summed E-state index contributed by atoms with van der Waals surface area (Å²) < 4.78 is 0. The number of hydrogen-bond donors (Lipinski definition) is 2. The van der Waals surface area contributed by atoms with E-state index in [1.165, 1.54) is 12.8 Å². The maximum Gasteiger partial charge on any atom is 0.251 e. The summed E-state index contributed by atoms with van der Waals surface area (Å²) in [5.74, 6) is -0.0804. The Morgan fingerprint density at radius 3 is 2.53 bits per heavy atom. The second-order valence-corrected chi connectivity index (χ2v) is 8.83. The number of nitrogens with zero attached hydrogens (tertiary/aromatic N) is 3. The van der Waals surface area contributed by atoms with Crippen LogP contribution in [-0.4, -0.2) is 60.0 Å². The third-order valence-electron chi connectivity index (χ3n) is 6.31. The van der Waals surface area contributed by atoms with E-state index >= 15 is 0 Å². The second-order valence-electron chi connectivity index (χ2n) is 8.39. The number of aromatic amines is 1. The van der Waals surface area contributed by atoms with Crippen molar-refractivity contribution in [1.29, 1.82) is 0 Å². The first-order chi connectivity index (χ1) is 14.4. The lowest BCUT2D eigenvalue weighted by atomic mass is 9.89. The van der Waals surface area contributed by atoms with Crippen LogP contribution in [0.4, 0.5) is 5.69 Å². The summed E-state index contributed by atoms with van der Waals surface area (Å²) in [6, 6.07) is 4.94. The highest BCUT2D eigenvalue weighted by Gasteiger charge is 2.28. The first-order valence-electron chi connectivity index (χ1n) is 10.9. The molecule has 7 heteroatoms. The first kappa shape index (κ1) is 22.6. The monoisotopic (exact) mass is 431 g/mol. The lowest BCUT2D eigenvalue weighted by Gasteiger charge is -2.40. The molecule has 1 aliphatic carbocycles. The van der Waals surface area contributed by atoms with Crippen LogP contribution in [0.25, 0.3) is 0 Å². The SMILES string of the molecule is CCN(c1cc(Cl)cc(C(=O)NCCc2cnc[nH]2)c1C)[C@H]1CC[C@H](N(C)C)CC1. The number of imidazole rings is 1.